The molecule has 1 aliphatic heterocycles. The third-order valence-corrected chi connectivity index (χ3v) is 5.59. The third kappa shape index (κ3) is 1.96. The van der Waals surface area contributed by atoms with Gasteiger partial charge in [0.15, 0.2) is 5.96 Å². The number of nitrogens with one attached hydrogen (secondary N) is 1. The molecular formula is C17H23N3O. The van der Waals surface area contributed by atoms with Gasteiger partial charge in [0.05, 0.1) is 12.1 Å². The first-order chi connectivity index (χ1) is 10.2. The minimum absolute atomic E-state index is 0.306. The molecule has 3 atom stereocenters. The highest BCUT2D eigenvalue weighted by atomic mass is 16.5. The first kappa shape index (κ1) is 13.1. The zero-order chi connectivity index (χ0) is 14.4. The average Bonchev–Trinajstić information content (AvgIpc) is 2.82. The second-order valence-electron chi connectivity index (χ2n) is 6.78. The van der Waals surface area contributed by atoms with Crippen LogP contribution in [0.25, 0.3) is 0 Å². The van der Waals surface area contributed by atoms with Gasteiger partial charge in [0, 0.05) is 23.6 Å². The Morgan fingerprint density at radius 3 is 2.76 bits per heavy atom. The highest BCUT2D eigenvalue weighted by Gasteiger charge is 2.66. The number of aliphatic imine (C=N–C) groups is 1. The summed E-state index contributed by atoms with van der Waals surface area (Å²) in [6.07, 6.45) is 5.40. The maximum Gasteiger partial charge on any atom is 0.193 e. The van der Waals surface area contributed by atoms with Crippen LogP contribution >= 0.6 is 0 Å². The van der Waals surface area contributed by atoms with Crippen LogP contribution in [-0.2, 0) is 4.74 Å². The van der Waals surface area contributed by atoms with Crippen molar-refractivity contribution in [2.24, 2.45) is 22.1 Å². The van der Waals surface area contributed by atoms with E-state index in [1.165, 1.54) is 24.8 Å². The molecule has 0 bridgehead atoms. The van der Waals surface area contributed by atoms with Crippen molar-refractivity contribution >= 4 is 11.6 Å². The Bertz CT molecular complexity index is 562. The molecule has 4 heteroatoms. The van der Waals surface area contributed by atoms with Crippen LogP contribution in [0.15, 0.2) is 29.3 Å². The van der Waals surface area contributed by atoms with E-state index in [0.717, 1.165) is 18.7 Å². The van der Waals surface area contributed by atoms with Crippen LogP contribution in [0.2, 0.25) is 0 Å². The van der Waals surface area contributed by atoms with E-state index in [4.69, 9.17) is 15.5 Å². The predicted octanol–water partition coefficient (Wildman–Crippen LogP) is 2.68. The van der Waals surface area contributed by atoms with Crippen molar-refractivity contribution in [3.05, 3.63) is 29.8 Å². The number of hydrogen-bond acceptors (Lipinski definition) is 2. The molecule has 2 saturated carbocycles. The zero-order valence-electron chi connectivity index (χ0n) is 12.5. The van der Waals surface area contributed by atoms with Crippen molar-refractivity contribution in [3.63, 3.8) is 0 Å². The normalized spacial score (nSPS) is 33.2. The molecule has 1 aromatic rings. The van der Waals surface area contributed by atoms with Crippen LogP contribution < -0.4 is 11.1 Å². The van der Waals surface area contributed by atoms with Crippen LogP contribution in [0.4, 0.5) is 5.69 Å². The topological polar surface area (TPSA) is 59.6 Å². The van der Waals surface area contributed by atoms with E-state index in [1.54, 1.807) is 0 Å². The van der Waals surface area contributed by atoms with Gasteiger partial charge in [-0.25, -0.2) is 4.99 Å². The Labute approximate surface area is 125 Å². The van der Waals surface area contributed by atoms with Gasteiger partial charge in [-0.2, -0.15) is 0 Å². The molecule has 2 aliphatic carbocycles. The first-order valence-electron chi connectivity index (χ1n) is 7.98. The maximum atomic E-state index is 6.13. The van der Waals surface area contributed by atoms with Crippen molar-refractivity contribution in [1.29, 1.82) is 0 Å². The highest BCUT2D eigenvalue weighted by molar-refractivity contribution is 5.92. The fourth-order valence-corrected chi connectivity index (χ4v) is 4.35. The summed E-state index contributed by atoms with van der Waals surface area (Å²) in [4.78, 5) is 4.82. The smallest absolute Gasteiger partial charge is 0.193 e. The number of anilines is 1. The van der Waals surface area contributed by atoms with Crippen LogP contribution in [0, 0.1) is 18.3 Å². The van der Waals surface area contributed by atoms with E-state index in [0.29, 0.717) is 29.4 Å². The molecule has 3 unspecified atom stereocenters. The second kappa shape index (κ2) is 4.73. The number of nitrogens with two attached hydrogens (primary N) is 1. The predicted molar refractivity (Wildman–Crippen MR) is 84.3 cm³/mol. The van der Waals surface area contributed by atoms with Gasteiger partial charge in [-0.1, -0.05) is 24.1 Å². The summed E-state index contributed by atoms with van der Waals surface area (Å²) in [5, 5.41) is 3.22. The summed E-state index contributed by atoms with van der Waals surface area (Å²) in [6, 6.07) is 8.59. The van der Waals surface area contributed by atoms with E-state index in [2.05, 4.69) is 24.4 Å². The molecular weight excluding hydrogens is 262 g/mol. The Morgan fingerprint density at radius 2 is 2.10 bits per heavy atom. The van der Waals surface area contributed by atoms with Gasteiger partial charge >= 0.3 is 0 Å². The van der Waals surface area contributed by atoms with E-state index in [9.17, 15) is 0 Å². The largest absolute Gasteiger partial charge is 0.377 e. The summed E-state index contributed by atoms with van der Waals surface area (Å²) >= 11 is 0. The molecule has 4 rings (SSSR count). The number of ether oxygens (including phenoxy) is 1. The number of fused-ring (bicyclic) bond motifs is 2. The van der Waals surface area contributed by atoms with Crippen molar-refractivity contribution in [2.45, 2.75) is 44.8 Å². The summed E-state index contributed by atoms with van der Waals surface area (Å²) in [6.45, 7) is 2.98. The molecule has 0 amide bonds. The lowest BCUT2D eigenvalue weighted by Crippen LogP contribution is -2.65. The number of rotatable bonds is 2. The van der Waals surface area contributed by atoms with Gasteiger partial charge in [0.25, 0.3) is 0 Å². The second-order valence-corrected chi connectivity index (χ2v) is 6.78. The van der Waals surface area contributed by atoms with Crippen molar-refractivity contribution < 1.29 is 4.74 Å². The van der Waals surface area contributed by atoms with E-state index in [-0.39, 0.29) is 0 Å². The molecule has 4 nitrogen and oxygen atoms in total. The Hall–Kier alpha value is -1.55. The molecule has 0 radical (unpaired) electrons. The average molecular weight is 285 g/mol. The van der Waals surface area contributed by atoms with Crippen LogP contribution in [0.5, 0.6) is 0 Å². The molecule has 1 aromatic carbocycles. The van der Waals surface area contributed by atoms with Crippen LogP contribution in [0.3, 0.4) is 0 Å². The lowest BCUT2D eigenvalue weighted by molar-refractivity contribution is -0.164. The first-order valence-corrected chi connectivity index (χ1v) is 7.98. The number of aryl methyl sites for hydroxylation is 1. The molecule has 21 heavy (non-hydrogen) atoms. The maximum absolute atomic E-state index is 6.13. The van der Waals surface area contributed by atoms with Gasteiger partial charge in [-0.3, -0.25) is 0 Å². The molecule has 1 spiro atoms. The standard InChI is InChI=1S/C17H23N3O/c1-11-3-5-12(6-4-11)19-16(18)20-14-13-7-10-21-15(13)17(14)8-2-9-17/h3-6,13-15H,2,7-10H2,1H3,(H3,18,19,20). The summed E-state index contributed by atoms with van der Waals surface area (Å²) < 4.78 is 5.92. The number of benzene rings is 1. The highest BCUT2D eigenvalue weighted by Crippen LogP contribution is 2.64. The fourth-order valence-electron chi connectivity index (χ4n) is 4.35. The SMILES string of the molecule is Cc1ccc(NC(N)=NC2C3CCOC3C23CCC3)cc1. The third-order valence-electron chi connectivity index (χ3n) is 5.59. The van der Waals surface area contributed by atoms with Gasteiger partial charge < -0.3 is 15.8 Å². The van der Waals surface area contributed by atoms with Crippen molar-refractivity contribution in [1.82, 2.24) is 0 Å². The molecule has 1 saturated heterocycles. The Kier molecular flexibility index (Phi) is 2.96. The summed E-state index contributed by atoms with van der Waals surface area (Å²) in [7, 11) is 0. The van der Waals surface area contributed by atoms with Crippen molar-refractivity contribution in [2.75, 3.05) is 11.9 Å². The minimum Gasteiger partial charge on any atom is -0.377 e. The summed E-state index contributed by atoms with van der Waals surface area (Å²) in [5.74, 6) is 1.13. The molecule has 0 aromatic heterocycles. The van der Waals surface area contributed by atoms with Crippen LogP contribution in [-0.4, -0.2) is 24.7 Å². The minimum atomic E-state index is 0.306. The lowest BCUT2D eigenvalue weighted by atomic mass is 9.46. The molecule has 112 valence electrons. The van der Waals surface area contributed by atoms with Gasteiger partial charge in [-0.15, -0.1) is 0 Å². The quantitative estimate of drug-likeness (QED) is 0.649. The monoisotopic (exact) mass is 285 g/mol. The van der Waals surface area contributed by atoms with Crippen LogP contribution in [0.1, 0.15) is 31.2 Å². The molecule has 3 aliphatic rings. The van der Waals surface area contributed by atoms with E-state index < -0.39 is 0 Å². The van der Waals surface area contributed by atoms with Crippen molar-refractivity contribution in [3.8, 4) is 0 Å². The molecule has 3 fully saturated rings. The van der Waals surface area contributed by atoms with Gasteiger partial charge in [-0.05, 0) is 38.3 Å². The number of guanidine groups is 1. The van der Waals surface area contributed by atoms with E-state index in [1.807, 2.05) is 12.1 Å². The molecule has 3 N–H and O–H groups in total. The number of hydrogen-bond donors (Lipinski definition) is 2. The Balaban J connectivity index is 1.49. The number of nitrogens with zero attached hydrogens (tertiary/aromatic N) is 1. The van der Waals surface area contributed by atoms with Gasteiger partial charge in [0.1, 0.15) is 0 Å². The zero-order valence-corrected chi connectivity index (χ0v) is 12.5. The van der Waals surface area contributed by atoms with Gasteiger partial charge in [0.2, 0.25) is 0 Å². The lowest BCUT2D eigenvalue weighted by Gasteiger charge is -2.61. The molecule has 1 heterocycles. The summed E-state index contributed by atoms with van der Waals surface area (Å²) in [5.41, 5.74) is 8.69. The Morgan fingerprint density at radius 1 is 1.33 bits per heavy atom. The fraction of sp³-hybridized carbons (Fsp3) is 0.588. The van der Waals surface area contributed by atoms with E-state index >= 15 is 0 Å².